The van der Waals surface area contributed by atoms with Gasteiger partial charge < -0.3 is 21.3 Å². The van der Waals surface area contributed by atoms with Gasteiger partial charge in [0.05, 0.1) is 23.3 Å². The molecule has 2 atom stereocenters. The van der Waals surface area contributed by atoms with Crippen LogP contribution in [-0.4, -0.2) is 25.2 Å². The van der Waals surface area contributed by atoms with Crippen LogP contribution in [0, 0.1) is 34.5 Å². The van der Waals surface area contributed by atoms with Crippen molar-refractivity contribution < 1.29 is 9.59 Å². The number of nitriles is 2. The van der Waals surface area contributed by atoms with Gasteiger partial charge in [0.25, 0.3) is 0 Å². The van der Waals surface area contributed by atoms with E-state index in [1.165, 1.54) is 0 Å². The first-order valence-corrected chi connectivity index (χ1v) is 10.7. The number of benzene rings is 2. The molecular formula is C24H26N6O2. The van der Waals surface area contributed by atoms with Gasteiger partial charge in [0.15, 0.2) is 0 Å². The van der Waals surface area contributed by atoms with E-state index < -0.39 is 0 Å². The molecular weight excluding hydrogens is 404 g/mol. The van der Waals surface area contributed by atoms with E-state index >= 15 is 0 Å². The number of urea groups is 2. The molecule has 32 heavy (non-hydrogen) atoms. The second-order valence-corrected chi connectivity index (χ2v) is 7.95. The molecule has 1 saturated carbocycles. The molecule has 0 aliphatic heterocycles. The fourth-order valence-corrected chi connectivity index (χ4v) is 3.93. The monoisotopic (exact) mass is 430 g/mol. The summed E-state index contributed by atoms with van der Waals surface area (Å²) in [6.45, 7) is 1.13. The highest BCUT2D eigenvalue weighted by Crippen LogP contribution is 2.28. The van der Waals surface area contributed by atoms with Crippen LogP contribution in [0.1, 0.15) is 36.8 Å². The SMILES string of the molecule is N#Cc1cccc(NC(=O)NCC2CCCC(CNC(=O)Nc3cccc(C#N)c3)C2)c1. The van der Waals surface area contributed by atoms with Crippen molar-refractivity contribution in [2.24, 2.45) is 11.8 Å². The zero-order chi connectivity index (χ0) is 22.8. The van der Waals surface area contributed by atoms with Crippen LogP contribution in [0.25, 0.3) is 0 Å². The van der Waals surface area contributed by atoms with E-state index in [9.17, 15) is 9.59 Å². The lowest BCUT2D eigenvalue weighted by atomic mass is 9.81. The third kappa shape index (κ3) is 7.03. The molecule has 4 N–H and O–H groups in total. The molecule has 0 bridgehead atoms. The van der Waals surface area contributed by atoms with Crippen molar-refractivity contribution in [2.75, 3.05) is 23.7 Å². The molecule has 1 fully saturated rings. The molecule has 3 rings (SSSR count). The van der Waals surface area contributed by atoms with Gasteiger partial charge in [-0.15, -0.1) is 0 Å². The lowest BCUT2D eigenvalue weighted by Crippen LogP contribution is -2.38. The Morgan fingerprint density at radius 1 is 0.812 bits per heavy atom. The van der Waals surface area contributed by atoms with Gasteiger partial charge >= 0.3 is 12.1 Å². The summed E-state index contributed by atoms with van der Waals surface area (Å²) in [5, 5.41) is 29.2. The summed E-state index contributed by atoms with van der Waals surface area (Å²) in [4.78, 5) is 24.4. The summed E-state index contributed by atoms with van der Waals surface area (Å²) in [5.74, 6) is 0.698. The van der Waals surface area contributed by atoms with Gasteiger partial charge in [-0.1, -0.05) is 18.6 Å². The summed E-state index contributed by atoms with van der Waals surface area (Å²) < 4.78 is 0. The van der Waals surface area contributed by atoms with Crippen LogP contribution < -0.4 is 21.3 Å². The standard InChI is InChI=1S/C24H26N6O2/c25-13-17-4-2-8-21(11-17)29-23(31)27-15-19-6-1-7-20(10-19)16-28-24(32)30-22-9-3-5-18(12-22)14-26/h2-5,8-9,11-12,19-20H,1,6-7,10,15-16H2,(H2,27,29,31)(H2,28,30,32). The maximum atomic E-state index is 12.2. The lowest BCUT2D eigenvalue weighted by Gasteiger charge is -2.29. The van der Waals surface area contributed by atoms with Crippen LogP contribution in [0.2, 0.25) is 0 Å². The minimum atomic E-state index is -0.292. The van der Waals surface area contributed by atoms with Crippen LogP contribution >= 0.6 is 0 Å². The van der Waals surface area contributed by atoms with Crippen molar-refractivity contribution >= 4 is 23.4 Å². The van der Waals surface area contributed by atoms with Crippen molar-refractivity contribution in [1.82, 2.24) is 10.6 Å². The first-order valence-electron chi connectivity index (χ1n) is 10.7. The molecule has 0 aromatic heterocycles. The molecule has 4 amide bonds. The van der Waals surface area contributed by atoms with E-state index in [0.717, 1.165) is 25.7 Å². The molecule has 2 unspecified atom stereocenters. The fraction of sp³-hybridized carbons (Fsp3) is 0.333. The maximum absolute atomic E-state index is 12.2. The summed E-state index contributed by atoms with van der Waals surface area (Å²) in [6, 6.07) is 17.1. The minimum absolute atomic E-state index is 0.292. The van der Waals surface area contributed by atoms with Gasteiger partial charge in [-0.2, -0.15) is 10.5 Å². The second kappa shape index (κ2) is 11.4. The molecule has 2 aromatic rings. The number of nitrogens with one attached hydrogen (secondary N) is 4. The second-order valence-electron chi connectivity index (χ2n) is 7.95. The van der Waals surface area contributed by atoms with Crippen LogP contribution in [0.4, 0.5) is 21.0 Å². The molecule has 0 saturated heterocycles. The van der Waals surface area contributed by atoms with E-state index in [2.05, 4.69) is 21.3 Å². The zero-order valence-corrected chi connectivity index (χ0v) is 17.7. The highest BCUT2D eigenvalue weighted by atomic mass is 16.2. The largest absolute Gasteiger partial charge is 0.338 e. The normalized spacial score (nSPS) is 17.3. The number of nitrogens with zero attached hydrogens (tertiary/aromatic N) is 2. The number of rotatable bonds is 6. The molecule has 0 heterocycles. The number of amides is 4. The highest BCUT2D eigenvalue weighted by molar-refractivity contribution is 5.90. The van der Waals surface area contributed by atoms with Gasteiger partial charge in [-0.3, -0.25) is 0 Å². The molecule has 164 valence electrons. The third-order valence-corrected chi connectivity index (χ3v) is 5.49. The van der Waals surface area contributed by atoms with Gasteiger partial charge in [0.2, 0.25) is 0 Å². The quantitative estimate of drug-likeness (QED) is 0.548. The third-order valence-electron chi connectivity index (χ3n) is 5.49. The Morgan fingerprint density at radius 3 is 1.72 bits per heavy atom. The fourth-order valence-electron chi connectivity index (χ4n) is 3.93. The van der Waals surface area contributed by atoms with Crippen molar-refractivity contribution in [2.45, 2.75) is 25.7 Å². The van der Waals surface area contributed by atoms with E-state index in [1.807, 2.05) is 12.1 Å². The summed E-state index contributed by atoms with van der Waals surface area (Å²) in [6.07, 6.45) is 4.05. The number of hydrogen-bond donors (Lipinski definition) is 4. The van der Waals surface area contributed by atoms with E-state index in [0.29, 0.717) is 47.4 Å². The van der Waals surface area contributed by atoms with Crippen molar-refractivity contribution in [3.05, 3.63) is 59.7 Å². The van der Waals surface area contributed by atoms with Crippen LogP contribution in [0.15, 0.2) is 48.5 Å². The Bertz CT molecular complexity index is 958. The van der Waals surface area contributed by atoms with Gasteiger partial charge in [0.1, 0.15) is 0 Å². The van der Waals surface area contributed by atoms with E-state index in [4.69, 9.17) is 10.5 Å². The Morgan fingerprint density at radius 2 is 1.28 bits per heavy atom. The Balaban J connectivity index is 1.39. The molecule has 8 heteroatoms. The Labute approximate surface area is 187 Å². The molecule has 0 spiro atoms. The van der Waals surface area contributed by atoms with Crippen molar-refractivity contribution in [3.63, 3.8) is 0 Å². The lowest BCUT2D eigenvalue weighted by molar-refractivity contribution is 0.230. The van der Waals surface area contributed by atoms with E-state index in [-0.39, 0.29) is 12.1 Å². The predicted molar refractivity (Wildman–Crippen MR) is 122 cm³/mol. The number of carbonyl (C=O) groups is 2. The average Bonchev–Trinajstić information content (AvgIpc) is 2.82. The maximum Gasteiger partial charge on any atom is 0.319 e. The van der Waals surface area contributed by atoms with Gasteiger partial charge in [0, 0.05) is 24.5 Å². The first-order chi connectivity index (χ1) is 15.6. The number of carbonyl (C=O) groups excluding carboxylic acids is 2. The Kier molecular flexibility index (Phi) is 8.05. The summed E-state index contributed by atoms with van der Waals surface area (Å²) in [5.41, 5.74) is 2.15. The van der Waals surface area contributed by atoms with Crippen LogP contribution in [0.5, 0.6) is 0 Å². The molecule has 2 aromatic carbocycles. The van der Waals surface area contributed by atoms with Crippen LogP contribution in [0.3, 0.4) is 0 Å². The van der Waals surface area contributed by atoms with Crippen molar-refractivity contribution in [1.29, 1.82) is 10.5 Å². The average molecular weight is 431 g/mol. The Hall–Kier alpha value is -4.04. The first kappa shape index (κ1) is 22.6. The predicted octanol–water partition coefficient (Wildman–Crippen LogP) is 4.18. The number of anilines is 2. The van der Waals surface area contributed by atoms with Crippen molar-refractivity contribution in [3.8, 4) is 12.1 Å². The van der Waals surface area contributed by atoms with Crippen LogP contribution in [-0.2, 0) is 0 Å². The minimum Gasteiger partial charge on any atom is -0.338 e. The summed E-state index contributed by atoms with van der Waals surface area (Å²) in [7, 11) is 0. The number of hydrogen-bond acceptors (Lipinski definition) is 4. The molecule has 0 radical (unpaired) electrons. The highest BCUT2D eigenvalue weighted by Gasteiger charge is 2.23. The van der Waals surface area contributed by atoms with E-state index in [1.54, 1.807) is 48.5 Å². The van der Waals surface area contributed by atoms with Gasteiger partial charge in [-0.25, -0.2) is 9.59 Å². The topological polar surface area (TPSA) is 130 Å². The molecule has 1 aliphatic rings. The molecule has 1 aliphatic carbocycles. The molecule has 8 nitrogen and oxygen atoms in total. The smallest absolute Gasteiger partial charge is 0.319 e. The van der Waals surface area contributed by atoms with Gasteiger partial charge in [-0.05, 0) is 67.5 Å². The zero-order valence-electron chi connectivity index (χ0n) is 17.7. The summed E-state index contributed by atoms with van der Waals surface area (Å²) >= 11 is 0.